The molecule has 0 fully saturated rings. The van der Waals surface area contributed by atoms with Crippen molar-refractivity contribution in [3.8, 4) is 0 Å². The first kappa shape index (κ1) is 30.8. The van der Waals surface area contributed by atoms with Crippen molar-refractivity contribution in [2.75, 3.05) is 10.6 Å². The molecule has 204 valence electrons. The summed E-state index contributed by atoms with van der Waals surface area (Å²) >= 11 is 12.4. The SMILES string of the molecule is CC(=O)Nc1c(Cl)cc(C(c2cc(Cl)c(NC(C)=O)c(C(C)C)c2)(C(F)(F)F)C(F)(F)F)cc1C(C)C. The average Bonchev–Trinajstić information content (AvgIpc) is 2.68. The molecule has 2 amide bonds. The highest BCUT2D eigenvalue weighted by Crippen LogP contribution is 2.58. The molecule has 2 aromatic rings. The van der Waals surface area contributed by atoms with E-state index in [4.69, 9.17) is 23.2 Å². The van der Waals surface area contributed by atoms with Gasteiger partial charge in [0.05, 0.1) is 21.4 Å². The molecule has 0 aromatic heterocycles. The van der Waals surface area contributed by atoms with E-state index in [1.807, 2.05) is 0 Å². The number of benzene rings is 2. The first-order valence-electron chi connectivity index (χ1n) is 11.1. The molecule has 0 saturated carbocycles. The predicted octanol–water partition coefficient (Wildman–Crippen LogP) is 8.57. The lowest BCUT2D eigenvalue weighted by Crippen LogP contribution is -2.55. The van der Waals surface area contributed by atoms with Gasteiger partial charge in [-0.05, 0) is 46.2 Å². The third-order valence-electron chi connectivity index (χ3n) is 5.80. The molecule has 0 saturated heterocycles. The van der Waals surface area contributed by atoms with Crippen LogP contribution >= 0.6 is 23.2 Å². The van der Waals surface area contributed by atoms with E-state index in [2.05, 4.69) is 10.6 Å². The highest BCUT2D eigenvalue weighted by molar-refractivity contribution is 6.34. The number of rotatable bonds is 6. The van der Waals surface area contributed by atoms with Gasteiger partial charge in [-0.3, -0.25) is 9.59 Å². The fourth-order valence-electron chi connectivity index (χ4n) is 4.20. The van der Waals surface area contributed by atoms with Crippen molar-refractivity contribution in [2.24, 2.45) is 0 Å². The number of anilines is 2. The minimum Gasteiger partial charge on any atom is -0.325 e. The first-order chi connectivity index (χ1) is 16.7. The Morgan fingerprint density at radius 2 is 0.973 bits per heavy atom. The quantitative estimate of drug-likeness (QED) is 0.342. The second kappa shape index (κ2) is 10.7. The number of amides is 2. The summed E-state index contributed by atoms with van der Waals surface area (Å²) in [4.78, 5) is 23.3. The van der Waals surface area contributed by atoms with Crippen LogP contribution in [0.25, 0.3) is 0 Å². The second-order valence-corrected chi connectivity index (χ2v) is 10.1. The van der Waals surface area contributed by atoms with Gasteiger partial charge in [-0.25, -0.2) is 0 Å². The second-order valence-electron chi connectivity index (χ2n) is 9.26. The Morgan fingerprint density at radius 1 is 0.676 bits per heavy atom. The third-order valence-corrected chi connectivity index (χ3v) is 6.40. The van der Waals surface area contributed by atoms with Crippen LogP contribution < -0.4 is 10.6 Å². The van der Waals surface area contributed by atoms with Crippen LogP contribution in [0.2, 0.25) is 10.0 Å². The minimum absolute atomic E-state index is 0.0133. The van der Waals surface area contributed by atoms with Gasteiger partial charge >= 0.3 is 12.4 Å². The maximum absolute atomic E-state index is 14.8. The Hall–Kier alpha value is -2.46. The summed E-state index contributed by atoms with van der Waals surface area (Å²) in [5.41, 5.74) is -7.09. The van der Waals surface area contributed by atoms with Crippen LogP contribution in [0, 0.1) is 0 Å². The van der Waals surface area contributed by atoms with Crippen LogP contribution in [0.3, 0.4) is 0 Å². The van der Waals surface area contributed by atoms with Gasteiger partial charge in [-0.1, -0.05) is 63.0 Å². The number of nitrogens with one attached hydrogen (secondary N) is 2. The van der Waals surface area contributed by atoms with Crippen molar-refractivity contribution in [2.45, 2.75) is 71.1 Å². The van der Waals surface area contributed by atoms with E-state index in [1.54, 1.807) is 27.7 Å². The lowest BCUT2D eigenvalue weighted by Gasteiger charge is -2.39. The largest absolute Gasteiger partial charge is 0.411 e. The number of halogens is 8. The van der Waals surface area contributed by atoms with Crippen molar-refractivity contribution in [3.63, 3.8) is 0 Å². The van der Waals surface area contributed by atoms with E-state index in [0.717, 1.165) is 26.0 Å². The van der Waals surface area contributed by atoms with Crippen LogP contribution in [-0.4, -0.2) is 24.2 Å². The Balaban J connectivity index is 3.13. The molecular weight excluding hydrogens is 545 g/mol. The smallest absolute Gasteiger partial charge is 0.325 e. The van der Waals surface area contributed by atoms with E-state index in [0.29, 0.717) is 12.1 Å². The Labute approximate surface area is 220 Å². The molecule has 0 aliphatic heterocycles. The number of hydrogen-bond donors (Lipinski definition) is 2. The topological polar surface area (TPSA) is 58.2 Å². The molecule has 4 nitrogen and oxygen atoms in total. The molecule has 2 N–H and O–H groups in total. The van der Waals surface area contributed by atoms with Crippen molar-refractivity contribution in [1.29, 1.82) is 0 Å². The zero-order valence-electron chi connectivity index (χ0n) is 20.8. The maximum atomic E-state index is 14.8. The van der Waals surface area contributed by atoms with Gasteiger partial charge in [0.2, 0.25) is 17.2 Å². The van der Waals surface area contributed by atoms with Gasteiger partial charge in [0.25, 0.3) is 0 Å². The van der Waals surface area contributed by atoms with Crippen LogP contribution in [0.4, 0.5) is 37.7 Å². The highest BCUT2D eigenvalue weighted by Gasteiger charge is 2.72. The third kappa shape index (κ3) is 5.85. The Kier molecular flexibility index (Phi) is 8.92. The van der Waals surface area contributed by atoms with Crippen molar-refractivity contribution >= 4 is 46.4 Å². The molecular formula is C25H26Cl2F6N2O2. The van der Waals surface area contributed by atoms with Gasteiger partial charge in [0, 0.05) is 13.8 Å². The molecule has 0 aliphatic rings. The first-order valence-corrected chi connectivity index (χ1v) is 11.9. The summed E-state index contributed by atoms with van der Waals surface area (Å²) in [6.07, 6.45) is -11.8. The monoisotopic (exact) mass is 570 g/mol. The average molecular weight is 571 g/mol. The molecule has 12 heteroatoms. The number of carbonyl (C=O) groups is 2. The van der Waals surface area contributed by atoms with Crippen molar-refractivity contribution in [1.82, 2.24) is 0 Å². The van der Waals surface area contributed by atoms with Crippen LogP contribution in [-0.2, 0) is 15.0 Å². The maximum Gasteiger partial charge on any atom is 0.411 e. The number of carbonyl (C=O) groups excluding carboxylic acids is 2. The summed E-state index contributed by atoms with van der Waals surface area (Å²) < 4.78 is 89.1. The molecule has 0 radical (unpaired) electrons. The molecule has 0 spiro atoms. The summed E-state index contributed by atoms with van der Waals surface area (Å²) in [6.45, 7) is 8.44. The molecule has 0 unspecified atom stereocenters. The zero-order chi connectivity index (χ0) is 28.7. The summed E-state index contributed by atoms with van der Waals surface area (Å²) in [7, 11) is 0. The lowest BCUT2D eigenvalue weighted by atomic mass is 9.71. The summed E-state index contributed by atoms with van der Waals surface area (Å²) in [6, 6.07) is 2.63. The standard InChI is InChI=1S/C25H26Cl2F6N2O2/c1-11(2)17-7-15(9-19(26)21(17)34-13(5)36)23(24(28,29)30,25(31,32)33)16-8-18(12(3)4)22(20(27)10-16)35-14(6)37/h7-12H,1-6H3,(H,34,36)(H,35,37). The predicted molar refractivity (Wildman–Crippen MR) is 133 cm³/mol. The van der Waals surface area contributed by atoms with E-state index in [-0.39, 0.29) is 22.5 Å². The van der Waals surface area contributed by atoms with Crippen LogP contribution in [0.15, 0.2) is 24.3 Å². The number of alkyl halides is 6. The molecule has 0 bridgehead atoms. The van der Waals surface area contributed by atoms with E-state index < -0.39 is 62.6 Å². The van der Waals surface area contributed by atoms with Gasteiger partial charge in [-0.15, -0.1) is 0 Å². The Bertz CT molecular complexity index is 1110. The van der Waals surface area contributed by atoms with Gasteiger partial charge in [0.15, 0.2) is 0 Å². The normalized spacial score (nSPS) is 12.8. The van der Waals surface area contributed by atoms with Gasteiger partial charge in [-0.2, -0.15) is 26.3 Å². The molecule has 2 rings (SSSR count). The minimum atomic E-state index is -5.90. The zero-order valence-corrected chi connectivity index (χ0v) is 22.3. The van der Waals surface area contributed by atoms with Gasteiger partial charge < -0.3 is 10.6 Å². The molecule has 0 heterocycles. The van der Waals surface area contributed by atoms with Gasteiger partial charge in [0.1, 0.15) is 0 Å². The van der Waals surface area contributed by atoms with E-state index >= 15 is 0 Å². The van der Waals surface area contributed by atoms with E-state index in [9.17, 15) is 35.9 Å². The lowest BCUT2D eigenvalue weighted by molar-refractivity contribution is -0.288. The molecule has 2 aromatic carbocycles. The fourth-order valence-corrected chi connectivity index (χ4v) is 4.75. The van der Waals surface area contributed by atoms with Crippen LogP contribution in [0.5, 0.6) is 0 Å². The summed E-state index contributed by atoms with van der Waals surface area (Å²) in [5.74, 6) is -2.40. The van der Waals surface area contributed by atoms with E-state index in [1.165, 1.54) is 0 Å². The molecule has 0 aliphatic carbocycles. The fraction of sp³-hybridized carbons (Fsp3) is 0.440. The summed E-state index contributed by atoms with van der Waals surface area (Å²) in [5, 5.41) is 3.79. The molecule has 0 atom stereocenters. The highest BCUT2D eigenvalue weighted by atomic mass is 35.5. The molecule has 37 heavy (non-hydrogen) atoms. The number of hydrogen-bond acceptors (Lipinski definition) is 2. The Morgan fingerprint density at radius 3 is 1.19 bits per heavy atom. The van der Waals surface area contributed by atoms with Crippen LogP contribution in [0.1, 0.15) is 75.6 Å². The van der Waals surface area contributed by atoms with Crippen molar-refractivity contribution in [3.05, 3.63) is 56.6 Å². The van der Waals surface area contributed by atoms with Crippen molar-refractivity contribution < 1.29 is 35.9 Å².